The van der Waals surface area contributed by atoms with Crippen LogP contribution in [0.15, 0.2) is 24.3 Å². The van der Waals surface area contributed by atoms with Gasteiger partial charge in [0.15, 0.2) is 0 Å². The second-order valence-electron chi connectivity index (χ2n) is 8.24. The van der Waals surface area contributed by atoms with Crippen molar-refractivity contribution in [1.29, 1.82) is 0 Å². The van der Waals surface area contributed by atoms with Gasteiger partial charge in [-0.2, -0.15) is 0 Å². The lowest BCUT2D eigenvalue weighted by molar-refractivity contribution is -0.127. The maximum Gasteiger partial charge on any atom is 0.245 e. The van der Waals surface area contributed by atoms with Gasteiger partial charge in [-0.15, -0.1) is 17.5 Å². The fourth-order valence-corrected chi connectivity index (χ4v) is 4.99. The molecule has 1 aromatic heterocycles. The molecule has 7 nitrogen and oxygen atoms in total. The Balaban J connectivity index is 0.00000240. The minimum Gasteiger partial charge on any atom is -0.351 e. The second-order valence-corrected chi connectivity index (χ2v) is 8.24. The van der Waals surface area contributed by atoms with E-state index in [0.717, 1.165) is 31.2 Å². The van der Waals surface area contributed by atoms with Gasteiger partial charge in [-0.05, 0) is 72.6 Å². The van der Waals surface area contributed by atoms with E-state index >= 15 is 0 Å². The maximum absolute atomic E-state index is 13.6. The van der Waals surface area contributed by atoms with Gasteiger partial charge in [0.2, 0.25) is 5.91 Å². The Morgan fingerprint density at radius 3 is 2.69 bits per heavy atom. The zero-order chi connectivity index (χ0) is 19.7. The average Bonchev–Trinajstić information content (AvgIpc) is 3.06. The minimum absolute atomic E-state index is 0. The predicted octanol–water partition coefficient (Wildman–Crippen LogP) is 2.35. The van der Waals surface area contributed by atoms with Crippen LogP contribution >= 0.6 is 12.4 Å². The molecule has 0 saturated heterocycles. The molecular weight excluding hydrogens is 395 g/mol. The van der Waals surface area contributed by atoms with E-state index in [1.807, 2.05) is 6.07 Å². The molecule has 2 aromatic rings. The number of nitrogens with one attached hydrogen (secondary N) is 1. The first kappa shape index (κ1) is 21.6. The quantitative estimate of drug-likeness (QED) is 0.770. The molecule has 158 valence electrons. The number of nitrogens with zero attached hydrogens (tertiary/aromatic N) is 4. The standard InChI is InChI=1S/C20H27FN6O.ClH/c1-12-24-25-26-27(12)18(9-13-4-2-7-16(21)8-13)20(28)23-19-14-5-3-6-15(19)11-17(22)10-14;/h2,4,7-8,14-15,17-19H,3,5-6,9-11,22H2,1H3,(H,23,28);1H. The number of carbonyl (C=O) groups is 1. The number of amides is 1. The molecular formula is C20H28ClFN6O. The van der Waals surface area contributed by atoms with Crippen molar-refractivity contribution in [2.24, 2.45) is 17.6 Å². The van der Waals surface area contributed by atoms with Crippen LogP contribution in [-0.2, 0) is 11.2 Å². The number of fused-ring (bicyclic) bond motifs is 2. The van der Waals surface area contributed by atoms with Crippen LogP contribution in [0, 0.1) is 24.6 Å². The molecule has 3 N–H and O–H groups in total. The first-order valence-corrected chi connectivity index (χ1v) is 10.1. The second kappa shape index (κ2) is 9.17. The molecule has 2 aliphatic rings. The highest BCUT2D eigenvalue weighted by Gasteiger charge is 2.41. The summed E-state index contributed by atoms with van der Waals surface area (Å²) in [6, 6.07) is 6.08. The first-order valence-electron chi connectivity index (χ1n) is 10.1. The van der Waals surface area contributed by atoms with Crippen LogP contribution < -0.4 is 11.1 Å². The Bertz CT molecular complexity index is 832. The van der Waals surface area contributed by atoms with Gasteiger partial charge in [-0.3, -0.25) is 4.79 Å². The van der Waals surface area contributed by atoms with Crippen LogP contribution in [0.2, 0.25) is 0 Å². The van der Waals surface area contributed by atoms with E-state index in [-0.39, 0.29) is 36.2 Å². The van der Waals surface area contributed by atoms with Gasteiger partial charge in [0, 0.05) is 18.5 Å². The number of carbonyl (C=O) groups excluding carboxylic acids is 1. The zero-order valence-electron chi connectivity index (χ0n) is 16.5. The van der Waals surface area contributed by atoms with Crippen LogP contribution in [0.25, 0.3) is 0 Å². The highest BCUT2D eigenvalue weighted by atomic mass is 35.5. The van der Waals surface area contributed by atoms with Gasteiger partial charge < -0.3 is 11.1 Å². The molecule has 3 unspecified atom stereocenters. The fourth-order valence-electron chi connectivity index (χ4n) is 4.99. The van der Waals surface area contributed by atoms with Gasteiger partial charge in [-0.25, -0.2) is 9.07 Å². The van der Waals surface area contributed by atoms with Gasteiger partial charge >= 0.3 is 0 Å². The summed E-state index contributed by atoms with van der Waals surface area (Å²) < 4.78 is 15.2. The molecule has 1 amide bonds. The molecule has 0 aliphatic heterocycles. The van der Waals surface area contributed by atoms with Crippen molar-refractivity contribution in [2.75, 3.05) is 0 Å². The Morgan fingerprint density at radius 2 is 2.07 bits per heavy atom. The first-order chi connectivity index (χ1) is 13.5. The lowest BCUT2D eigenvalue weighted by Crippen LogP contribution is -2.55. The molecule has 3 atom stereocenters. The van der Waals surface area contributed by atoms with Gasteiger partial charge in [-0.1, -0.05) is 18.6 Å². The van der Waals surface area contributed by atoms with E-state index in [1.54, 1.807) is 13.0 Å². The third-order valence-electron chi connectivity index (χ3n) is 6.26. The molecule has 0 spiro atoms. The summed E-state index contributed by atoms with van der Waals surface area (Å²) in [5.74, 6) is 0.979. The van der Waals surface area contributed by atoms with Crippen LogP contribution in [-0.4, -0.2) is 38.2 Å². The predicted molar refractivity (Wildman–Crippen MR) is 109 cm³/mol. The Labute approximate surface area is 176 Å². The lowest BCUT2D eigenvalue weighted by Gasteiger charge is -2.45. The number of hydrogen-bond acceptors (Lipinski definition) is 5. The van der Waals surface area contributed by atoms with E-state index in [4.69, 9.17) is 5.73 Å². The van der Waals surface area contributed by atoms with E-state index in [0.29, 0.717) is 24.1 Å². The highest BCUT2D eigenvalue weighted by molar-refractivity contribution is 5.85. The van der Waals surface area contributed by atoms with E-state index < -0.39 is 6.04 Å². The number of halogens is 2. The Kier molecular flexibility index (Phi) is 6.85. The normalized spacial score (nSPS) is 27.0. The number of aromatic nitrogens is 4. The zero-order valence-corrected chi connectivity index (χ0v) is 17.3. The van der Waals surface area contributed by atoms with Gasteiger partial charge in [0.25, 0.3) is 0 Å². The summed E-state index contributed by atoms with van der Waals surface area (Å²) >= 11 is 0. The molecule has 2 fully saturated rings. The van der Waals surface area contributed by atoms with Crippen LogP contribution in [0.1, 0.15) is 49.5 Å². The van der Waals surface area contributed by atoms with Crippen molar-refractivity contribution in [1.82, 2.24) is 25.5 Å². The highest BCUT2D eigenvalue weighted by Crippen LogP contribution is 2.39. The largest absolute Gasteiger partial charge is 0.351 e. The Hall–Kier alpha value is -2.06. The lowest BCUT2D eigenvalue weighted by atomic mass is 9.67. The molecule has 1 aromatic carbocycles. The molecule has 1 heterocycles. The van der Waals surface area contributed by atoms with Crippen LogP contribution in [0.4, 0.5) is 4.39 Å². The summed E-state index contributed by atoms with van der Waals surface area (Å²) in [5, 5.41) is 14.9. The minimum atomic E-state index is -0.617. The number of aryl methyl sites for hydroxylation is 1. The third-order valence-corrected chi connectivity index (χ3v) is 6.26. The smallest absolute Gasteiger partial charge is 0.245 e. The molecule has 0 radical (unpaired) electrons. The number of hydrogen-bond donors (Lipinski definition) is 2. The summed E-state index contributed by atoms with van der Waals surface area (Å²) in [7, 11) is 0. The topological polar surface area (TPSA) is 98.7 Å². The number of rotatable bonds is 5. The molecule has 2 saturated carbocycles. The molecule has 29 heavy (non-hydrogen) atoms. The number of benzene rings is 1. The average molecular weight is 423 g/mol. The summed E-state index contributed by atoms with van der Waals surface area (Å²) in [4.78, 5) is 13.3. The fraction of sp³-hybridized carbons (Fsp3) is 0.600. The van der Waals surface area contributed by atoms with Gasteiger partial charge in [0.05, 0.1) is 0 Å². The maximum atomic E-state index is 13.6. The molecule has 2 bridgehead atoms. The molecule has 2 aliphatic carbocycles. The monoisotopic (exact) mass is 422 g/mol. The summed E-state index contributed by atoms with van der Waals surface area (Å²) in [5.41, 5.74) is 6.95. The number of tetrazole rings is 1. The van der Waals surface area contributed by atoms with Crippen molar-refractivity contribution < 1.29 is 9.18 Å². The van der Waals surface area contributed by atoms with Crippen LogP contribution in [0.5, 0.6) is 0 Å². The van der Waals surface area contributed by atoms with Crippen molar-refractivity contribution in [3.63, 3.8) is 0 Å². The third kappa shape index (κ3) is 4.75. The van der Waals surface area contributed by atoms with E-state index in [9.17, 15) is 9.18 Å². The Morgan fingerprint density at radius 1 is 1.34 bits per heavy atom. The SMILES string of the molecule is Cc1nnnn1C(Cc1cccc(F)c1)C(=O)NC1C2CCCC1CC(N)C2.Cl. The van der Waals surface area contributed by atoms with E-state index in [2.05, 4.69) is 20.8 Å². The number of nitrogens with two attached hydrogens (primary N) is 1. The van der Waals surface area contributed by atoms with Gasteiger partial charge in [0.1, 0.15) is 17.7 Å². The molecule has 9 heteroatoms. The van der Waals surface area contributed by atoms with Crippen molar-refractivity contribution >= 4 is 18.3 Å². The summed E-state index contributed by atoms with van der Waals surface area (Å²) in [6.45, 7) is 1.76. The van der Waals surface area contributed by atoms with Crippen molar-refractivity contribution in [2.45, 2.75) is 63.6 Å². The van der Waals surface area contributed by atoms with Crippen LogP contribution in [0.3, 0.4) is 0 Å². The molecule has 4 rings (SSSR count). The van der Waals surface area contributed by atoms with E-state index in [1.165, 1.54) is 23.2 Å². The van der Waals surface area contributed by atoms with Crippen molar-refractivity contribution in [3.8, 4) is 0 Å². The van der Waals surface area contributed by atoms with Crippen molar-refractivity contribution in [3.05, 3.63) is 41.5 Å². The summed E-state index contributed by atoms with van der Waals surface area (Å²) in [6.07, 6.45) is 5.66.